The average Bonchev–Trinajstić information content (AvgIpc) is 3.30. The van der Waals surface area contributed by atoms with Gasteiger partial charge in [-0.2, -0.15) is 4.98 Å². The number of thiazole rings is 1. The second-order valence-corrected chi connectivity index (χ2v) is 7.60. The van der Waals surface area contributed by atoms with Crippen LogP contribution < -0.4 is 0 Å². The number of likely N-dealkylation sites (tertiary alicyclic amines) is 1. The molecule has 0 unspecified atom stereocenters. The Balaban J connectivity index is 1.26. The first kappa shape index (κ1) is 16.4. The normalized spacial score (nSPS) is 16.3. The van der Waals surface area contributed by atoms with Gasteiger partial charge in [0.2, 0.25) is 5.89 Å². The van der Waals surface area contributed by atoms with Crippen LogP contribution in [-0.2, 0) is 19.4 Å². The minimum absolute atomic E-state index is 0.722. The van der Waals surface area contributed by atoms with Crippen LogP contribution in [0.4, 0.5) is 0 Å². The third-order valence-electron chi connectivity index (χ3n) is 4.73. The predicted octanol–water partition coefficient (Wildman–Crippen LogP) is 3.57. The van der Waals surface area contributed by atoms with Gasteiger partial charge in [0.25, 0.3) is 0 Å². The van der Waals surface area contributed by atoms with Gasteiger partial charge in [-0.1, -0.05) is 35.5 Å². The summed E-state index contributed by atoms with van der Waals surface area (Å²) in [5.74, 6) is 2.24. The number of aromatic nitrogens is 3. The largest absolute Gasteiger partial charge is 0.338 e. The number of nitrogens with zero attached hydrogens (tertiary/aromatic N) is 4. The van der Waals surface area contributed by atoms with Gasteiger partial charge in [0.15, 0.2) is 5.82 Å². The molecule has 3 heterocycles. The Labute approximate surface area is 151 Å². The molecule has 0 radical (unpaired) electrons. The fraction of sp³-hybridized carbons (Fsp3) is 0.421. The van der Waals surface area contributed by atoms with Gasteiger partial charge < -0.3 is 4.52 Å². The lowest BCUT2D eigenvalue weighted by Crippen LogP contribution is -2.34. The van der Waals surface area contributed by atoms with Gasteiger partial charge in [0.1, 0.15) is 0 Å². The first-order chi connectivity index (χ1) is 12.3. The van der Waals surface area contributed by atoms with Crippen molar-refractivity contribution in [1.29, 1.82) is 0 Å². The molecule has 5 nitrogen and oxygen atoms in total. The third-order valence-corrected chi connectivity index (χ3v) is 5.53. The van der Waals surface area contributed by atoms with Gasteiger partial charge >= 0.3 is 0 Å². The molecule has 0 atom stereocenters. The first-order valence-electron chi connectivity index (χ1n) is 8.81. The van der Waals surface area contributed by atoms with Crippen molar-refractivity contribution in [1.82, 2.24) is 20.0 Å². The second-order valence-electron chi connectivity index (χ2n) is 6.62. The third kappa shape index (κ3) is 4.52. The second kappa shape index (κ2) is 7.89. The van der Waals surface area contributed by atoms with Gasteiger partial charge in [0, 0.05) is 24.4 Å². The molecular weight excluding hydrogens is 332 g/mol. The van der Waals surface area contributed by atoms with Crippen molar-refractivity contribution in [3.63, 3.8) is 0 Å². The quantitative estimate of drug-likeness (QED) is 0.677. The van der Waals surface area contributed by atoms with E-state index in [1.165, 1.54) is 23.4 Å². The van der Waals surface area contributed by atoms with Crippen molar-refractivity contribution in [3.05, 3.63) is 64.2 Å². The first-order valence-corrected chi connectivity index (χ1v) is 9.69. The van der Waals surface area contributed by atoms with Crippen molar-refractivity contribution in [2.45, 2.75) is 32.2 Å². The molecule has 1 aromatic carbocycles. The van der Waals surface area contributed by atoms with E-state index in [1.807, 2.05) is 24.4 Å². The Kier molecular flexibility index (Phi) is 5.18. The summed E-state index contributed by atoms with van der Waals surface area (Å²) in [4.78, 5) is 11.4. The standard InChI is InChI=1S/C19H22N4OS/c1-2-4-15(5-3-1)12-17-21-18(24-22-17)14-23-9-6-16(7-10-23)13-19-20-8-11-25-19/h1-5,8,11,16H,6-7,9-10,12-14H2. The summed E-state index contributed by atoms with van der Waals surface area (Å²) in [7, 11) is 0. The highest BCUT2D eigenvalue weighted by Gasteiger charge is 2.21. The van der Waals surface area contributed by atoms with Crippen LogP contribution in [0, 0.1) is 5.92 Å². The highest BCUT2D eigenvalue weighted by molar-refractivity contribution is 7.09. The minimum Gasteiger partial charge on any atom is -0.338 e. The summed E-state index contributed by atoms with van der Waals surface area (Å²) < 4.78 is 5.44. The Bertz CT molecular complexity index is 764. The highest BCUT2D eigenvalue weighted by Crippen LogP contribution is 2.23. The number of rotatable bonds is 6. The van der Waals surface area contributed by atoms with E-state index in [-0.39, 0.29) is 0 Å². The van der Waals surface area contributed by atoms with E-state index in [0.29, 0.717) is 0 Å². The number of piperidine rings is 1. The van der Waals surface area contributed by atoms with Crippen LogP contribution in [0.3, 0.4) is 0 Å². The van der Waals surface area contributed by atoms with Crippen molar-refractivity contribution >= 4 is 11.3 Å². The molecule has 6 heteroatoms. The van der Waals surface area contributed by atoms with E-state index in [2.05, 4.69) is 37.5 Å². The Morgan fingerprint density at radius 1 is 1.16 bits per heavy atom. The molecule has 0 amide bonds. The van der Waals surface area contributed by atoms with Crippen molar-refractivity contribution in [2.24, 2.45) is 5.92 Å². The van der Waals surface area contributed by atoms with Crippen LogP contribution in [0.15, 0.2) is 46.4 Å². The molecule has 1 aliphatic rings. The summed E-state index contributed by atoms with van der Waals surface area (Å²) in [6.07, 6.45) is 6.17. The van der Waals surface area contributed by atoms with E-state index in [4.69, 9.17) is 4.52 Å². The van der Waals surface area contributed by atoms with Crippen LogP contribution in [0.2, 0.25) is 0 Å². The molecule has 0 spiro atoms. The number of hydrogen-bond acceptors (Lipinski definition) is 6. The molecule has 2 aromatic heterocycles. The Morgan fingerprint density at radius 3 is 2.76 bits per heavy atom. The van der Waals surface area contributed by atoms with Crippen LogP contribution >= 0.6 is 11.3 Å². The summed E-state index contributed by atoms with van der Waals surface area (Å²) in [5.41, 5.74) is 1.21. The van der Waals surface area contributed by atoms with Crippen LogP contribution in [-0.4, -0.2) is 33.1 Å². The minimum atomic E-state index is 0.722. The molecule has 1 saturated heterocycles. The lowest BCUT2D eigenvalue weighted by molar-refractivity contribution is 0.158. The topological polar surface area (TPSA) is 55.1 Å². The number of hydrogen-bond donors (Lipinski definition) is 0. The molecule has 0 bridgehead atoms. The van der Waals surface area contributed by atoms with Gasteiger partial charge in [0.05, 0.1) is 11.6 Å². The maximum absolute atomic E-state index is 5.44. The van der Waals surface area contributed by atoms with Crippen LogP contribution in [0.1, 0.15) is 35.1 Å². The van der Waals surface area contributed by atoms with Crippen molar-refractivity contribution in [2.75, 3.05) is 13.1 Å². The van der Waals surface area contributed by atoms with Gasteiger partial charge in [-0.05, 0) is 37.4 Å². The molecule has 0 saturated carbocycles. The van der Waals surface area contributed by atoms with Gasteiger partial charge in [-0.25, -0.2) is 4.98 Å². The summed E-state index contributed by atoms with van der Waals surface area (Å²) in [6, 6.07) is 10.3. The number of benzene rings is 1. The van der Waals surface area contributed by atoms with Crippen molar-refractivity contribution in [3.8, 4) is 0 Å². The van der Waals surface area contributed by atoms with E-state index in [9.17, 15) is 0 Å². The zero-order chi connectivity index (χ0) is 16.9. The zero-order valence-electron chi connectivity index (χ0n) is 14.2. The Hall–Kier alpha value is -2.05. The maximum atomic E-state index is 5.44. The fourth-order valence-electron chi connectivity index (χ4n) is 3.35. The molecule has 0 N–H and O–H groups in total. The molecular formula is C19H22N4OS. The van der Waals surface area contributed by atoms with E-state index < -0.39 is 0 Å². The molecule has 3 aromatic rings. The molecule has 1 aliphatic heterocycles. The highest BCUT2D eigenvalue weighted by atomic mass is 32.1. The van der Waals surface area contributed by atoms with E-state index in [0.717, 1.165) is 50.1 Å². The molecule has 1 fully saturated rings. The van der Waals surface area contributed by atoms with E-state index in [1.54, 1.807) is 11.3 Å². The van der Waals surface area contributed by atoms with Crippen LogP contribution in [0.25, 0.3) is 0 Å². The van der Waals surface area contributed by atoms with E-state index >= 15 is 0 Å². The molecule has 130 valence electrons. The SMILES string of the molecule is c1ccc(Cc2noc(CN3CCC(Cc4nccs4)CC3)n2)cc1. The monoisotopic (exact) mass is 354 g/mol. The maximum Gasteiger partial charge on any atom is 0.240 e. The molecule has 4 rings (SSSR count). The lowest BCUT2D eigenvalue weighted by Gasteiger charge is -2.30. The zero-order valence-corrected chi connectivity index (χ0v) is 15.0. The predicted molar refractivity (Wildman–Crippen MR) is 97.4 cm³/mol. The van der Waals surface area contributed by atoms with Gasteiger partial charge in [-0.3, -0.25) is 4.90 Å². The summed E-state index contributed by atoms with van der Waals surface area (Å²) in [5, 5.41) is 7.45. The lowest BCUT2D eigenvalue weighted by atomic mass is 9.94. The van der Waals surface area contributed by atoms with Gasteiger partial charge in [-0.15, -0.1) is 11.3 Å². The van der Waals surface area contributed by atoms with Crippen LogP contribution in [0.5, 0.6) is 0 Å². The molecule has 25 heavy (non-hydrogen) atoms. The van der Waals surface area contributed by atoms with Crippen molar-refractivity contribution < 1.29 is 4.52 Å². The Morgan fingerprint density at radius 2 is 2.00 bits per heavy atom. The summed E-state index contributed by atoms with van der Waals surface area (Å²) >= 11 is 1.77. The summed E-state index contributed by atoms with van der Waals surface area (Å²) in [6.45, 7) is 2.94. The fourth-order valence-corrected chi connectivity index (χ4v) is 4.08. The molecule has 0 aliphatic carbocycles. The smallest absolute Gasteiger partial charge is 0.240 e. The average molecular weight is 354 g/mol.